The Labute approximate surface area is 150 Å². The summed E-state index contributed by atoms with van der Waals surface area (Å²) in [5.74, 6) is -1.15. The molecule has 1 N–H and O–H groups in total. The normalized spacial score (nSPS) is 16.1. The van der Waals surface area contributed by atoms with Crippen molar-refractivity contribution in [2.75, 3.05) is 18.0 Å². The van der Waals surface area contributed by atoms with Gasteiger partial charge in [-0.05, 0) is 43.1 Å². The maximum Gasteiger partial charge on any atom is 0.331 e. The minimum atomic E-state index is -2.31. The fraction of sp³-hybridized carbons (Fsp3) is 0.529. The average Bonchev–Trinajstić information content (AvgIpc) is 2.73. The second kappa shape index (κ2) is 6.92. The molecule has 1 aromatic carbocycles. The molecule has 0 unspecified atom stereocenters. The molecule has 1 saturated heterocycles. The molecular weight excluding hydrogens is 338 g/mol. The first-order chi connectivity index (χ1) is 11.4. The van der Waals surface area contributed by atoms with Crippen molar-refractivity contribution in [1.82, 2.24) is 4.90 Å². The third kappa shape index (κ3) is 4.12. The summed E-state index contributed by atoms with van der Waals surface area (Å²) in [5, 5.41) is -0.192. The van der Waals surface area contributed by atoms with Crippen LogP contribution in [0.4, 0.5) is 14.9 Å². The molecule has 1 aliphatic rings. The van der Waals surface area contributed by atoms with Crippen molar-refractivity contribution in [1.29, 1.82) is 0 Å². The molecule has 0 atom stereocenters. The van der Waals surface area contributed by atoms with E-state index in [0.29, 0.717) is 13.0 Å². The van der Waals surface area contributed by atoms with Crippen LogP contribution in [0.15, 0.2) is 18.2 Å². The van der Waals surface area contributed by atoms with E-state index in [4.69, 9.17) is 7.85 Å². The number of benzene rings is 1. The summed E-state index contributed by atoms with van der Waals surface area (Å²) in [6.45, 7) is 8.15. The fourth-order valence-corrected chi connectivity index (χ4v) is 3.47. The highest BCUT2D eigenvalue weighted by atomic mass is 28.4. The third-order valence-electron chi connectivity index (χ3n) is 5.14. The Balaban J connectivity index is 2.04. The van der Waals surface area contributed by atoms with E-state index < -0.39 is 26.1 Å². The molecule has 1 heterocycles. The molecule has 1 fully saturated rings. The summed E-state index contributed by atoms with van der Waals surface area (Å²) in [7, 11) is 3.19. The molecular formula is C17H24BFN2O3Si. The van der Waals surface area contributed by atoms with Crippen LogP contribution in [0.5, 0.6) is 0 Å². The fourth-order valence-electron chi connectivity index (χ4n) is 2.68. The SMILES string of the molecule is [B]c1ccc(N2C(=O)CN(CCCC(C)(C)[Si](C)(C)O)C2=O)c(F)c1. The van der Waals surface area contributed by atoms with E-state index in [1.165, 1.54) is 17.0 Å². The maximum atomic E-state index is 14.0. The number of amides is 3. The molecule has 0 saturated carbocycles. The quantitative estimate of drug-likeness (QED) is 0.623. The van der Waals surface area contributed by atoms with Gasteiger partial charge in [0.15, 0.2) is 8.32 Å². The van der Waals surface area contributed by atoms with Crippen LogP contribution in [-0.2, 0) is 4.79 Å². The van der Waals surface area contributed by atoms with Crippen molar-refractivity contribution in [2.45, 2.75) is 44.8 Å². The predicted molar refractivity (Wildman–Crippen MR) is 99.2 cm³/mol. The lowest BCUT2D eigenvalue weighted by molar-refractivity contribution is -0.116. The van der Waals surface area contributed by atoms with Gasteiger partial charge in [0.1, 0.15) is 20.2 Å². The van der Waals surface area contributed by atoms with E-state index in [1.54, 1.807) is 0 Å². The van der Waals surface area contributed by atoms with Crippen molar-refractivity contribution in [2.24, 2.45) is 0 Å². The van der Waals surface area contributed by atoms with Crippen LogP contribution in [0.3, 0.4) is 0 Å². The summed E-state index contributed by atoms with van der Waals surface area (Å²) in [5.41, 5.74) is 0.158. The lowest BCUT2D eigenvalue weighted by Gasteiger charge is -2.35. The van der Waals surface area contributed by atoms with Gasteiger partial charge in [0, 0.05) is 6.54 Å². The summed E-state index contributed by atoms with van der Waals surface area (Å²) >= 11 is 0. The Kier molecular flexibility index (Phi) is 5.44. The number of carbonyl (C=O) groups excluding carboxylic acids is 2. The van der Waals surface area contributed by atoms with Crippen LogP contribution >= 0.6 is 0 Å². The zero-order valence-electron chi connectivity index (χ0n) is 15.2. The predicted octanol–water partition coefficient (Wildman–Crippen LogP) is 2.15. The molecule has 1 aliphatic heterocycles. The maximum absolute atomic E-state index is 14.0. The molecule has 0 aromatic heterocycles. The van der Waals surface area contributed by atoms with E-state index in [2.05, 4.69) is 0 Å². The molecule has 134 valence electrons. The zero-order valence-corrected chi connectivity index (χ0v) is 16.2. The Morgan fingerprint density at radius 1 is 1.32 bits per heavy atom. The van der Waals surface area contributed by atoms with Gasteiger partial charge in [0.25, 0.3) is 5.91 Å². The van der Waals surface area contributed by atoms with Gasteiger partial charge >= 0.3 is 6.03 Å². The second-order valence-corrected chi connectivity index (χ2v) is 12.2. The summed E-state index contributed by atoms with van der Waals surface area (Å²) in [6, 6.07) is 3.37. The van der Waals surface area contributed by atoms with Crippen molar-refractivity contribution in [3.63, 3.8) is 0 Å². The van der Waals surface area contributed by atoms with Crippen LogP contribution < -0.4 is 10.4 Å². The number of hydrogen-bond acceptors (Lipinski definition) is 3. The van der Waals surface area contributed by atoms with Crippen molar-refractivity contribution in [3.05, 3.63) is 24.0 Å². The highest BCUT2D eigenvalue weighted by Gasteiger charge is 2.40. The van der Waals surface area contributed by atoms with E-state index >= 15 is 0 Å². The minimum Gasteiger partial charge on any atom is -0.432 e. The summed E-state index contributed by atoms with van der Waals surface area (Å²) < 4.78 is 14.0. The molecule has 0 bridgehead atoms. The first kappa shape index (κ1) is 19.7. The van der Waals surface area contributed by atoms with E-state index in [9.17, 15) is 18.8 Å². The smallest absolute Gasteiger partial charge is 0.331 e. The molecule has 1 aromatic rings. The Hall–Kier alpha value is -1.67. The standard InChI is InChI=1S/C17H24BFN2O3Si/c1-17(2,25(3,4)24)8-5-9-20-11-15(22)21(16(20)23)14-7-6-12(18)10-13(14)19/h6-7,10,24H,5,8-9,11H2,1-4H3. The van der Waals surface area contributed by atoms with Gasteiger partial charge in [-0.25, -0.2) is 14.1 Å². The second-order valence-electron chi connectivity index (χ2n) is 7.69. The van der Waals surface area contributed by atoms with Gasteiger partial charge in [-0.1, -0.05) is 25.4 Å². The van der Waals surface area contributed by atoms with Crippen molar-refractivity contribution in [3.8, 4) is 0 Å². The van der Waals surface area contributed by atoms with Crippen LogP contribution in [0.1, 0.15) is 26.7 Å². The van der Waals surface area contributed by atoms with E-state index in [-0.39, 0.29) is 22.7 Å². The Bertz CT molecular complexity index is 691. The van der Waals surface area contributed by atoms with Gasteiger partial charge in [0.2, 0.25) is 0 Å². The number of urea groups is 1. The first-order valence-corrected chi connectivity index (χ1v) is 11.3. The molecule has 2 radical (unpaired) electrons. The van der Waals surface area contributed by atoms with Gasteiger partial charge in [-0.3, -0.25) is 4.79 Å². The Morgan fingerprint density at radius 2 is 1.96 bits per heavy atom. The van der Waals surface area contributed by atoms with Crippen molar-refractivity contribution < 1.29 is 18.8 Å². The monoisotopic (exact) mass is 362 g/mol. The van der Waals surface area contributed by atoms with Crippen LogP contribution in [0.25, 0.3) is 0 Å². The zero-order chi connectivity index (χ0) is 19.0. The highest BCUT2D eigenvalue weighted by molar-refractivity contribution is 6.72. The average molecular weight is 362 g/mol. The third-order valence-corrected chi connectivity index (χ3v) is 8.70. The molecule has 0 spiro atoms. The number of hydrogen-bond donors (Lipinski definition) is 1. The molecule has 2 rings (SSSR count). The molecule has 25 heavy (non-hydrogen) atoms. The summed E-state index contributed by atoms with van der Waals surface area (Å²) in [6.07, 6.45) is 1.41. The van der Waals surface area contributed by atoms with Crippen LogP contribution in [0.2, 0.25) is 18.1 Å². The van der Waals surface area contributed by atoms with Gasteiger partial charge in [-0.2, -0.15) is 0 Å². The highest BCUT2D eigenvalue weighted by Crippen LogP contribution is 2.39. The Morgan fingerprint density at radius 3 is 2.52 bits per heavy atom. The number of rotatable bonds is 6. The molecule has 5 nitrogen and oxygen atoms in total. The number of anilines is 1. The van der Waals surface area contributed by atoms with Gasteiger partial charge in [-0.15, -0.1) is 0 Å². The minimum absolute atomic E-state index is 0.0664. The molecule has 0 aliphatic carbocycles. The van der Waals surface area contributed by atoms with Gasteiger partial charge < -0.3 is 9.70 Å². The molecule has 3 amide bonds. The van der Waals surface area contributed by atoms with E-state index in [1.807, 2.05) is 26.9 Å². The lowest BCUT2D eigenvalue weighted by Crippen LogP contribution is -2.39. The topological polar surface area (TPSA) is 60.9 Å². The first-order valence-electron chi connectivity index (χ1n) is 8.33. The number of halogens is 1. The number of imide groups is 1. The molecule has 8 heteroatoms. The van der Waals surface area contributed by atoms with Gasteiger partial charge in [0.05, 0.1) is 5.69 Å². The van der Waals surface area contributed by atoms with E-state index in [0.717, 1.165) is 17.4 Å². The van der Waals surface area contributed by atoms with Crippen LogP contribution in [-0.4, -0.2) is 50.9 Å². The van der Waals surface area contributed by atoms with Crippen LogP contribution in [0, 0.1) is 5.82 Å². The largest absolute Gasteiger partial charge is 0.432 e. The summed E-state index contributed by atoms with van der Waals surface area (Å²) in [4.78, 5) is 37.3. The van der Waals surface area contributed by atoms with Crippen molar-refractivity contribution >= 4 is 39.3 Å². The lowest BCUT2D eigenvalue weighted by atomic mass is 9.96. The number of carbonyl (C=O) groups is 2. The number of nitrogens with zero attached hydrogens (tertiary/aromatic N) is 2.